The Morgan fingerprint density at radius 3 is 1.69 bits per heavy atom. The number of hydrogen-bond acceptors (Lipinski definition) is 15. The fourth-order valence-corrected chi connectivity index (χ4v) is 5.87. The Balaban J connectivity index is 1.90. The highest BCUT2D eigenvalue weighted by Gasteiger charge is 2.56. The lowest BCUT2D eigenvalue weighted by Crippen LogP contribution is -2.63. The first kappa shape index (κ1) is 38.4. The van der Waals surface area contributed by atoms with E-state index in [2.05, 4.69) is 9.97 Å². The van der Waals surface area contributed by atoms with E-state index in [1.807, 2.05) is 0 Å². The van der Waals surface area contributed by atoms with Crippen molar-refractivity contribution in [1.82, 2.24) is 9.97 Å². The van der Waals surface area contributed by atoms with Crippen LogP contribution in [0.4, 0.5) is 0 Å². The van der Waals surface area contributed by atoms with E-state index in [9.17, 15) is 24.0 Å². The van der Waals surface area contributed by atoms with Gasteiger partial charge in [0.25, 0.3) is 0 Å². The third-order valence-corrected chi connectivity index (χ3v) is 7.82. The van der Waals surface area contributed by atoms with Crippen molar-refractivity contribution in [2.24, 2.45) is 0 Å². The summed E-state index contributed by atoms with van der Waals surface area (Å²) in [5.41, 5.74) is 0.311. The van der Waals surface area contributed by atoms with Crippen LogP contribution in [0.25, 0.3) is 0 Å². The molecule has 15 heteroatoms. The van der Waals surface area contributed by atoms with Gasteiger partial charge in [-0.05, 0) is 31.0 Å². The van der Waals surface area contributed by atoms with Crippen LogP contribution in [0.5, 0.6) is 6.01 Å². The maximum absolute atomic E-state index is 14.8. The number of carbonyl (C=O) groups is 5. The molecular formula is C36H40N2O13. The van der Waals surface area contributed by atoms with E-state index in [1.165, 1.54) is 7.11 Å². The molecule has 0 bridgehead atoms. The first-order chi connectivity index (χ1) is 24.3. The number of aryl methyl sites for hydroxylation is 2. The third-order valence-electron chi connectivity index (χ3n) is 7.82. The Labute approximate surface area is 294 Å². The number of ether oxygens (including phenoxy) is 8. The molecule has 0 N–H and O–H groups in total. The van der Waals surface area contributed by atoms with E-state index in [-0.39, 0.29) is 6.01 Å². The van der Waals surface area contributed by atoms with E-state index in [1.54, 1.807) is 80.6 Å². The fourth-order valence-electron chi connectivity index (χ4n) is 5.87. The molecule has 272 valence electrons. The van der Waals surface area contributed by atoms with Crippen LogP contribution in [-0.2, 0) is 62.7 Å². The molecule has 0 spiro atoms. The zero-order chi connectivity index (χ0) is 37.3. The summed E-state index contributed by atoms with van der Waals surface area (Å²) >= 11 is 0. The second-order valence-electron chi connectivity index (χ2n) is 11.6. The molecule has 0 unspecified atom stereocenters. The van der Waals surface area contributed by atoms with Crippen molar-refractivity contribution < 1.29 is 61.9 Å². The maximum Gasteiger partial charge on any atom is 0.353 e. The number of methoxy groups -OCH3 is 2. The van der Waals surface area contributed by atoms with Crippen LogP contribution >= 0.6 is 0 Å². The van der Waals surface area contributed by atoms with Crippen molar-refractivity contribution in [1.29, 1.82) is 0 Å². The summed E-state index contributed by atoms with van der Waals surface area (Å²) in [6, 6.07) is 19.0. The molecular weight excluding hydrogens is 668 g/mol. The second kappa shape index (κ2) is 17.0. The molecule has 6 atom stereocenters. The van der Waals surface area contributed by atoms with Crippen LogP contribution < -0.4 is 4.74 Å². The molecule has 0 saturated carbocycles. The van der Waals surface area contributed by atoms with Crippen LogP contribution in [0.2, 0.25) is 0 Å². The maximum atomic E-state index is 14.8. The monoisotopic (exact) mass is 708 g/mol. The summed E-state index contributed by atoms with van der Waals surface area (Å²) in [5.74, 6) is -4.50. The number of aromatic nitrogens is 2. The van der Waals surface area contributed by atoms with Gasteiger partial charge in [-0.15, -0.1) is 0 Å². The van der Waals surface area contributed by atoms with Crippen LogP contribution in [0.3, 0.4) is 0 Å². The molecule has 0 aliphatic carbocycles. The Kier molecular flexibility index (Phi) is 12.8. The van der Waals surface area contributed by atoms with Gasteiger partial charge in [0.2, 0.25) is 18.5 Å². The predicted octanol–water partition coefficient (Wildman–Crippen LogP) is 3.06. The van der Waals surface area contributed by atoms with Gasteiger partial charge in [-0.1, -0.05) is 60.7 Å². The topological polar surface area (TPSA) is 185 Å². The molecule has 0 amide bonds. The fraction of sp³-hybridized carbons (Fsp3) is 0.417. The first-order valence-corrected chi connectivity index (χ1v) is 15.9. The quantitative estimate of drug-likeness (QED) is 0.186. The minimum absolute atomic E-state index is 0.180. The molecule has 3 aromatic rings. The van der Waals surface area contributed by atoms with Gasteiger partial charge in [-0.25, -0.2) is 14.8 Å². The summed E-state index contributed by atoms with van der Waals surface area (Å²) in [6.07, 6.45) is -10.3. The van der Waals surface area contributed by atoms with E-state index in [4.69, 9.17) is 37.9 Å². The molecule has 1 aliphatic heterocycles. The molecule has 1 saturated heterocycles. The van der Waals surface area contributed by atoms with Gasteiger partial charge in [0.1, 0.15) is 6.10 Å². The zero-order valence-electron chi connectivity index (χ0n) is 29.2. The summed E-state index contributed by atoms with van der Waals surface area (Å²) < 4.78 is 45.8. The van der Waals surface area contributed by atoms with Crippen molar-refractivity contribution in [2.45, 2.75) is 83.5 Å². The molecule has 2 heterocycles. The molecule has 1 aromatic heterocycles. The summed E-state index contributed by atoms with van der Waals surface area (Å²) in [5, 5.41) is 0. The van der Waals surface area contributed by atoms with Crippen LogP contribution in [0.15, 0.2) is 66.7 Å². The van der Waals surface area contributed by atoms with Gasteiger partial charge >= 0.3 is 35.9 Å². The van der Waals surface area contributed by atoms with E-state index in [0.717, 1.165) is 27.9 Å². The Morgan fingerprint density at radius 2 is 1.22 bits per heavy atom. The number of esters is 5. The zero-order valence-corrected chi connectivity index (χ0v) is 29.2. The smallest absolute Gasteiger partial charge is 0.353 e. The molecule has 1 aliphatic rings. The second-order valence-corrected chi connectivity index (χ2v) is 11.6. The van der Waals surface area contributed by atoms with Crippen molar-refractivity contribution in [3.05, 3.63) is 89.2 Å². The van der Waals surface area contributed by atoms with E-state index in [0.29, 0.717) is 22.5 Å². The third kappa shape index (κ3) is 9.23. The average Bonchev–Trinajstić information content (AvgIpc) is 3.08. The lowest BCUT2D eigenvalue weighted by atomic mass is 9.81. The van der Waals surface area contributed by atoms with Crippen LogP contribution in [0.1, 0.15) is 49.7 Å². The standard InChI is InChI=1S/C36H40N2O13/c1-20-18-21(2)38-35(37-20)50-32(36(45-7,25-14-10-8-11-15-25)26-16-12-9-13-17-26)33(43)51-34-31(48-24(5)41)30(47-23(4)40)29(46-22(3)39)27(49-34)19-28(42)44-6/h8-18,27,29-32,34H,19H2,1-7H3/t27-,29-,30+,31-,32-,34+/m1/s1. The molecule has 0 radical (unpaired) electrons. The number of benzene rings is 2. The predicted molar refractivity (Wildman–Crippen MR) is 175 cm³/mol. The highest BCUT2D eigenvalue weighted by Crippen LogP contribution is 2.40. The van der Waals surface area contributed by atoms with Gasteiger partial charge in [0, 0.05) is 39.3 Å². The van der Waals surface area contributed by atoms with Crippen LogP contribution in [0, 0.1) is 13.8 Å². The normalized spacial score (nSPS) is 20.6. The minimum atomic E-state index is -1.86. The summed E-state index contributed by atoms with van der Waals surface area (Å²) in [4.78, 5) is 72.9. The molecule has 1 fully saturated rings. The van der Waals surface area contributed by atoms with Gasteiger partial charge in [0.15, 0.2) is 17.8 Å². The van der Waals surface area contributed by atoms with Gasteiger partial charge < -0.3 is 37.9 Å². The van der Waals surface area contributed by atoms with Crippen molar-refractivity contribution >= 4 is 29.8 Å². The summed E-state index contributed by atoms with van der Waals surface area (Å²) in [6.45, 7) is 6.67. The Bertz CT molecular complexity index is 1640. The lowest BCUT2D eigenvalue weighted by Gasteiger charge is -2.44. The average molecular weight is 709 g/mol. The highest BCUT2D eigenvalue weighted by atomic mass is 16.7. The largest absolute Gasteiger partial charge is 0.469 e. The molecule has 51 heavy (non-hydrogen) atoms. The molecule has 15 nitrogen and oxygen atoms in total. The van der Waals surface area contributed by atoms with Crippen molar-refractivity contribution in [3.8, 4) is 6.01 Å². The Hall–Kier alpha value is -5.41. The van der Waals surface area contributed by atoms with Gasteiger partial charge in [0.05, 0.1) is 13.5 Å². The summed E-state index contributed by atoms with van der Waals surface area (Å²) in [7, 11) is 2.51. The number of rotatable bonds is 13. The molecule has 2 aromatic carbocycles. The number of hydrogen-bond donors (Lipinski definition) is 0. The molecule has 4 rings (SSSR count). The lowest BCUT2D eigenvalue weighted by molar-refractivity contribution is -0.299. The van der Waals surface area contributed by atoms with Gasteiger partial charge in [-0.2, -0.15) is 0 Å². The minimum Gasteiger partial charge on any atom is -0.469 e. The number of carbonyl (C=O) groups excluding carboxylic acids is 5. The highest BCUT2D eigenvalue weighted by molar-refractivity contribution is 5.79. The van der Waals surface area contributed by atoms with E-state index >= 15 is 0 Å². The first-order valence-electron chi connectivity index (χ1n) is 15.9. The number of nitrogens with zero attached hydrogens (tertiary/aromatic N) is 2. The Morgan fingerprint density at radius 1 is 0.725 bits per heavy atom. The van der Waals surface area contributed by atoms with E-state index < -0.39 is 78.7 Å². The van der Waals surface area contributed by atoms with Gasteiger partial charge in [-0.3, -0.25) is 19.2 Å². The van der Waals surface area contributed by atoms with Crippen LogP contribution in [-0.4, -0.2) is 90.8 Å². The SMILES string of the molecule is COC(=O)C[C@H]1O[C@@H](OC(=O)[C@@H](Oc2nc(C)cc(C)n2)C(OC)(c2ccccc2)c2ccccc2)[C@H](OC(C)=O)[C@@H](OC(C)=O)[C@@H]1OC(C)=O. The van der Waals surface area contributed by atoms with Crippen molar-refractivity contribution in [3.63, 3.8) is 0 Å². The van der Waals surface area contributed by atoms with Crippen molar-refractivity contribution in [2.75, 3.05) is 14.2 Å².